The summed E-state index contributed by atoms with van der Waals surface area (Å²) in [7, 11) is 0. The van der Waals surface area contributed by atoms with E-state index in [1.54, 1.807) is 0 Å². The molecule has 0 bridgehead atoms. The highest BCUT2D eigenvalue weighted by Crippen LogP contribution is 2.15. The smallest absolute Gasteiger partial charge is 0.0521 e. The first-order valence-electron chi connectivity index (χ1n) is 4.82. The maximum atomic E-state index is 4.07. The predicted molar refractivity (Wildman–Crippen MR) is 62.6 cm³/mol. The molecular formula is C12H13NS. The molecule has 1 aliphatic rings. The molecule has 0 fully saturated rings. The van der Waals surface area contributed by atoms with Crippen molar-refractivity contribution in [2.45, 2.75) is 13.0 Å². The molecule has 0 radical (unpaired) electrons. The molecule has 72 valence electrons. The molecule has 1 aliphatic heterocycles. The fraction of sp³-hybridized carbons (Fsp3) is 0.333. The fourth-order valence-electron chi connectivity index (χ4n) is 1.70. The Labute approximate surface area is 90.3 Å². The second-order valence-corrected chi connectivity index (χ2v) is 3.69. The Morgan fingerprint density at radius 2 is 2.29 bits per heavy atom. The van der Waals surface area contributed by atoms with Crippen LogP contribution in [0.15, 0.2) is 18.2 Å². The largest absolute Gasteiger partial charge is 0.312 e. The van der Waals surface area contributed by atoms with Crippen molar-refractivity contribution in [3.05, 3.63) is 34.9 Å². The predicted octanol–water partition coefficient (Wildman–Crippen LogP) is 1.61. The topological polar surface area (TPSA) is 12.0 Å². The van der Waals surface area contributed by atoms with E-state index in [0.29, 0.717) is 5.75 Å². The van der Waals surface area contributed by atoms with Crippen LogP contribution in [-0.2, 0) is 13.0 Å². The Kier molecular flexibility index (Phi) is 3.13. The van der Waals surface area contributed by atoms with E-state index in [2.05, 4.69) is 48.0 Å². The van der Waals surface area contributed by atoms with Crippen molar-refractivity contribution >= 4 is 12.6 Å². The highest BCUT2D eigenvalue weighted by Gasteiger charge is 2.07. The number of hydrogen-bond donors (Lipinski definition) is 2. The zero-order valence-corrected chi connectivity index (χ0v) is 8.90. The Balaban J connectivity index is 2.29. The van der Waals surface area contributed by atoms with Gasteiger partial charge in [-0.25, -0.2) is 0 Å². The van der Waals surface area contributed by atoms with Gasteiger partial charge in [0.2, 0.25) is 0 Å². The van der Waals surface area contributed by atoms with Gasteiger partial charge in [0, 0.05) is 12.1 Å². The van der Waals surface area contributed by atoms with Crippen molar-refractivity contribution < 1.29 is 0 Å². The molecule has 0 unspecified atom stereocenters. The molecule has 2 rings (SSSR count). The van der Waals surface area contributed by atoms with Crippen LogP contribution < -0.4 is 5.32 Å². The second kappa shape index (κ2) is 4.54. The number of thiol groups is 1. The molecule has 14 heavy (non-hydrogen) atoms. The molecule has 1 aromatic carbocycles. The van der Waals surface area contributed by atoms with Gasteiger partial charge < -0.3 is 5.32 Å². The molecule has 1 nitrogen and oxygen atoms in total. The minimum atomic E-state index is 0.624. The summed E-state index contributed by atoms with van der Waals surface area (Å²) in [5, 5.41) is 3.36. The van der Waals surface area contributed by atoms with Crippen LogP contribution >= 0.6 is 12.6 Å². The number of fused-ring (bicyclic) bond motifs is 1. The van der Waals surface area contributed by atoms with Crippen LogP contribution in [-0.4, -0.2) is 12.3 Å². The molecular weight excluding hydrogens is 190 g/mol. The Hall–Kier alpha value is -0.910. The van der Waals surface area contributed by atoms with Crippen molar-refractivity contribution in [2.24, 2.45) is 0 Å². The van der Waals surface area contributed by atoms with Crippen molar-refractivity contribution in [3.63, 3.8) is 0 Å². The molecule has 1 N–H and O–H groups in total. The van der Waals surface area contributed by atoms with E-state index in [1.807, 2.05) is 0 Å². The lowest BCUT2D eigenvalue weighted by Gasteiger charge is -2.16. The zero-order chi connectivity index (χ0) is 9.80. The third-order valence-corrected chi connectivity index (χ3v) is 2.56. The first kappa shape index (κ1) is 9.64. The molecule has 0 spiro atoms. The Morgan fingerprint density at radius 1 is 1.36 bits per heavy atom. The van der Waals surface area contributed by atoms with Crippen LogP contribution in [0.4, 0.5) is 0 Å². The summed E-state index contributed by atoms with van der Waals surface area (Å²) in [6, 6.07) is 6.46. The summed E-state index contributed by atoms with van der Waals surface area (Å²) in [6.07, 6.45) is 1.12. The van der Waals surface area contributed by atoms with Crippen LogP contribution in [0, 0.1) is 11.8 Å². The van der Waals surface area contributed by atoms with Gasteiger partial charge in [-0.3, -0.25) is 0 Å². The van der Waals surface area contributed by atoms with Crippen molar-refractivity contribution in [1.29, 1.82) is 0 Å². The summed E-state index contributed by atoms with van der Waals surface area (Å²) in [5.41, 5.74) is 3.96. The molecule has 2 heteroatoms. The van der Waals surface area contributed by atoms with Gasteiger partial charge in [0.15, 0.2) is 0 Å². The van der Waals surface area contributed by atoms with Crippen LogP contribution in [0.5, 0.6) is 0 Å². The zero-order valence-electron chi connectivity index (χ0n) is 8.01. The standard InChI is InChI=1S/C12H13NS/c14-7-1-2-10-3-4-12-9-13-6-5-11(12)8-10/h3-4,8,13-14H,5-7,9H2. The van der Waals surface area contributed by atoms with E-state index < -0.39 is 0 Å². The van der Waals surface area contributed by atoms with Gasteiger partial charge in [-0.15, -0.1) is 0 Å². The van der Waals surface area contributed by atoms with Gasteiger partial charge in [-0.2, -0.15) is 12.6 Å². The normalized spacial score (nSPS) is 14.1. The quantitative estimate of drug-likeness (QED) is 0.482. The van der Waals surface area contributed by atoms with Gasteiger partial charge in [0.1, 0.15) is 0 Å². The van der Waals surface area contributed by atoms with E-state index >= 15 is 0 Å². The van der Waals surface area contributed by atoms with Crippen molar-refractivity contribution in [2.75, 3.05) is 12.3 Å². The van der Waals surface area contributed by atoms with Gasteiger partial charge >= 0.3 is 0 Å². The number of nitrogens with one attached hydrogen (secondary N) is 1. The van der Waals surface area contributed by atoms with Crippen LogP contribution in [0.1, 0.15) is 16.7 Å². The van der Waals surface area contributed by atoms with Crippen LogP contribution in [0.25, 0.3) is 0 Å². The Bertz CT molecular complexity index is 387. The van der Waals surface area contributed by atoms with Crippen LogP contribution in [0.2, 0.25) is 0 Å². The van der Waals surface area contributed by atoms with Gasteiger partial charge in [0.05, 0.1) is 5.75 Å². The molecule has 0 saturated heterocycles. The van der Waals surface area contributed by atoms with E-state index in [0.717, 1.165) is 25.1 Å². The van der Waals surface area contributed by atoms with Crippen LogP contribution in [0.3, 0.4) is 0 Å². The highest BCUT2D eigenvalue weighted by atomic mass is 32.1. The maximum Gasteiger partial charge on any atom is 0.0521 e. The van der Waals surface area contributed by atoms with Gasteiger partial charge in [-0.1, -0.05) is 17.9 Å². The molecule has 0 aliphatic carbocycles. The molecule has 0 aromatic heterocycles. The van der Waals surface area contributed by atoms with E-state index in [-0.39, 0.29) is 0 Å². The summed E-state index contributed by atoms with van der Waals surface area (Å²) in [4.78, 5) is 0. The minimum absolute atomic E-state index is 0.624. The summed E-state index contributed by atoms with van der Waals surface area (Å²) < 4.78 is 0. The SMILES string of the molecule is SCC#Cc1ccc2c(c1)CCNC2. The lowest BCUT2D eigenvalue weighted by atomic mass is 9.99. The van der Waals surface area contributed by atoms with E-state index in [4.69, 9.17) is 0 Å². The second-order valence-electron chi connectivity index (χ2n) is 3.37. The van der Waals surface area contributed by atoms with Gasteiger partial charge in [-0.05, 0) is 36.2 Å². The highest BCUT2D eigenvalue weighted by molar-refractivity contribution is 7.80. The molecule has 1 aromatic rings. The summed E-state index contributed by atoms with van der Waals surface area (Å²) in [5.74, 6) is 6.69. The lowest BCUT2D eigenvalue weighted by Crippen LogP contribution is -2.23. The number of benzene rings is 1. The van der Waals surface area contributed by atoms with E-state index in [1.165, 1.54) is 11.1 Å². The monoisotopic (exact) mass is 203 g/mol. The summed E-state index contributed by atoms with van der Waals surface area (Å²) >= 11 is 4.07. The average Bonchev–Trinajstić information content (AvgIpc) is 2.26. The van der Waals surface area contributed by atoms with Crippen molar-refractivity contribution in [1.82, 2.24) is 5.32 Å². The van der Waals surface area contributed by atoms with E-state index in [9.17, 15) is 0 Å². The fourth-order valence-corrected chi connectivity index (χ4v) is 1.78. The number of rotatable bonds is 0. The summed E-state index contributed by atoms with van der Waals surface area (Å²) in [6.45, 7) is 2.08. The average molecular weight is 203 g/mol. The van der Waals surface area contributed by atoms with Crippen molar-refractivity contribution in [3.8, 4) is 11.8 Å². The molecule has 0 amide bonds. The molecule has 0 atom stereocenters. The third kappa shape index (κ3) is 2.12. The first-order valence-corrected chi connectivity index (χ1v) is 5.45. The minimum Gasteiger partial charge on any atom is -0.312 e. The first-order chi connectivity index (χ1) is 6.90. The molecule has 1 heterocycles. The third-order valence-electron chi connectivity index (χ3n) is 2.40. The Morgan fingerprint density at radius 3 is 3.14 bits per heavy atom. The lowest BCUT2D eigenvalue weighted by molar-refractivity contribution is 0.643. The molecule has 0 saturated carbocycles. The number of hydrogen-bond acceptors (Lipinski definition) is 2. The van der Waals surface area contributed by atoms with Gasteiger partial charge in [0.25, 0.3) is 0 Å². The maximum absolute atomic E-state index is 4.07.